The number of nitrogens with zero attached hydrogens (tertiary/aromatic N) is 2. The molecular formula is C36H43N3O7S. The van der Waals surface area contributed by atoms with E-state index in [1.54, 1.807) is 69.1 Å². The van der Waals surface area contributed by atoms with Crippen LogP contribution in [0, 0.1) is 23.2 Å². The van der Waals surface area contributed by atoms with E-state index in [1.807, 2.05) is 0 Å². The predicted octanol–water partition coefficient (Wildman–Crippen LogP) is 3.74. The number of rotatable bonds is 8. The van der Waals surface area contributed by atoms with Gasteiger partial charge in [0.15, 0.2) is 0 Å². The number of thioether (sulfide) groups is 1. The summed E-state index contributed by atoms with van der Waals surface area (Å²) in [6.07, 6.45) is 9.18. The van der Waals surface area contributed by atoms with Crippen LogP contribution in [0.3, 0.4) is 0 Å². The van der Waals surface area contributed by atoms with Crippen LogP contribution in [-0.4, -0.2) is 98.9 Å². The Labute approximate surface area is 279 Å². The van der Waals surface area contributed by atoms with Crippen LogP contribution in [0.1, 0.15) is 54.9 Å². The summed E-state index contributed by atoms with van der Waals surface area (Å²) < 4.78 is 19.0. The third kappa shape index (κ3) is 4.20. The van der Waals surface area contributed by atoms with Gasteiger partial charge in [0.25, 0.3) is 0 Å². The lowest BCUT2D eigenvalue weighted by Gasteiger charge is -2.69. The van der Waals surface area contributed by atoms with Crippen LogP contribution in [0.2, 0.25) is 0 Å². The average molecular weight is 662 g/mol. The number of carbonyl (C=O) groups excluding carboxylic acids is 2. The third-order valence-corrected chi connectivity index (χ3v) is 14.5. The molecule has 250 valence electrons. The summed E-state index contributed by atoms with van der Waals surface area (Å²) in [6.45, 7) is 3.39. The average Bonchev–Trinajstić information content (AvgIpc) is 3.55. The normalized spacial score (nSPS) is 42.8. The van der Waals surface area contributed by atoms with Crippen molar-refractivity contribution in [2.75, 3.05) is 32.6 Å². The van der Waals surface area contributed by atoms with Crippen molar-refractivity contribution in [1.29, 1.82) is 0 Å². The first-order chi connectivity index (χ1) is 22.6. The Kier molecular flexibility index (Phi) is 7.44. The highest BCUT2D eigenvalue weighted by Gasteiger charge is 2.87. The van der Waals surface area contributed by atoms with Gasteiger partial charge in [0.2, 0.25) is 5.91 Å². The molecule has 3 aliphatic carbocycles. The highest BCUT2D eigenvalue weighted by Crippen LogP contribution is 2.80. The van der Waals surface area contributed by atoms with E-state index < -0.39 is 27.5 Å². The smallest absolute Gasteiger partial charge is 0.340 e. The number of likely N-dealkylation sites (N-methyl/N-ethyl adjacent to an activating group) is 1. The molecule has 3 aliphatic heterocycles. The molecule has 8 rings (SSSR count). The minimum atomic E-state index is -1.34. The van der Waals surface area contributed by atoms with E-state index in [0.29, 0.717) is 50.9 Å². The first kappa shape index (κ1) is 31.5. The van der Waals surface area contributed by atoms with Crippen molar-refractivity contribution in [2.45, 2.75) is 78.7 Å². The number of aromatic nitrogens is 1. The molecule has 3 saturated heterocycles. The Morgan fingerprint density at radius 2 is 1.89 bits per heavy atom. The zero-order valence-corrected chi connectivity index (χ0v) is 27.8. The number of benzene rings is 1. The van der Waals surface area contributed by atoms with Gasteiger partial charge < -0.3 is 29.7 Å². The molecule has 0 radical (unpaired) electrons. The molecule has 2 aromatic rings. The van der Waals surface area contributed by atoms with E-state index >= 15 is 0 Å². The van der Waals surface area contributed by atoms with Crippen molar-refractivity contribution in [3.63, 3.8) is 0 Å². The van der Waals surface area contributed by atoms with Gasteiger partial charge in [-0.05, 0) is 68.1 Å². The summed E-state index contributed by atoms with van der Waals surface area (Å²) in [5.41, 5.74) is -1.19. The molecule has 10 nitrogen and oxygen atoms in total. The number of hydrogen-bond acceptors (Lipinski definition) is 10. The van der Waals surface area contributed by atoms with E-state index in [4.69, 9.17) is 14.2 Å². The van der Waals surface area contributed by atoms with Gasteiger partial charge >= 0.3 is 5.97 Å². The lowest BCUT2D eigenvalue weighted by atomic mass is 9.46. The second kappa shape index (κ2) is 11.1. The second-order valence-electron chi connectivity index (χ2n) is 14.3. The topological polar surface area (TPSA) is 130 Å². The monoisotopic (exact) mass is 661 g/mol. The van der Waals surface area contributed by atoms with Gasteiger partial charge in [0.05, 0.1) is 23.5 Å². The van der Waals surface area contributed by atoms with Gasteiger partial charge in [-0.15, -0.1) is 11.8 Å². The second-order valence-corrected chi connectivity index (χ2v) is 15.8. The SMILES string of the molecule is CCN1C[C@]2(OC(=O)c3ccccc3NC(=O)/C=C/c3ccncc3)CC[C@H](OC)[C@]34C1[C@@H](C[C@H]23)[C@@]1(O)C[C@H](OC)[C@H]2C[C@@H]4[C@]1(O)S2. The molecule has 6 fully saturated rings. The van der Waals surface area contributed by atoms with Crippen LogP contribution in [-0.2, 0) is 19.0 Å². The number of nitrogens with one attached hydrogen (secondary N) is 1. The Morgan fingerprint density at radius 1 is 1.11 bits per heavy atom. The molecule has 1 unspecified atom stereocenters. The lowest BCUT2D eigenvalue weighted by Crippen LogP contribution is -2.80. The molecule has 1 aromatic heterocycles. The molecular weight excluding hydrogens is 618 g/mol. The maximum absolute atomic E-state index is 14.3. The number of ether oxygens (including phenoxy) is 3. The van der Waals surface area contributed by atoms with Crippen LogP contribution in [0.25, 0.3) is 6.08 Å². The summed E-state index contributed by atoms with van der Waals surface area (Å²) in [4.78, 5) is 32.3. The number of para-hydroxylation sites is 1. The van der Waals surface area contributed by atoms with E-state index in [-0.39, 0.29) is 52.7 Å². The molecule has 3 saturated carbocycles. The van der Waals surface area contributed by atoms with Crippen molar-refractivity contribution in [3.8, 4) is 0 Å². The Morgan fingerprint density at radius 3 is 2.64 bits per heavy atom. The fourth-order valence-corrected chi connectivity index (χ4v) is 13.2. The van der Waals surface area contributed by atoms with E-state index in [0.717, 1.165) is 5.56 Å². The molecule has 11 atom stereocenters. The number of piperidine rings is 1. The Balaban J connectivity index is 1.15. The molecule has 1 amide bonds. The van der Waals surface area contributed by atoms with E-state index in [2.05, 4.69) is 22.1 Å². The quantitative estimate of drug-likeness (QED) is 0.284. The van der Waals surface area contributed by atoms with Crippen LogP contribution in [0.5, 0.6) is 0 Å². The third-order valence-electron chi connectivity index (χ3n) is 12.7. The highest BCUT2D eigenvalue weighted by molar-refractivity contribution is 8.01. The number of pyridine rings is 1. The lowest BCUT2D eigenvalue weighted by molar-refractivity contribution is -0.294. The first-order valence-corrected chi connectivity index (χ1v) is 17.7. The van der Waals surface area contributed by atoms with Crippen LogP contribution < -0.4 is 5.32 Å². The highest BCUT2D eigenvalue weighted by atomic mass is 32.2. The number of hydrogen-bond donors (Lipinski definition) is 3. The fraction of sp³-hybridized carbons (Fsp3) is 0.583. The van der Waals surface area contributed by atoms with Crippen LogP contribution >= 0.6 is 11.8 Å². The maximum atomic E-state index is 14.3. The molecule has 6 aliphatic rings. The number of methoxy groups -OCH3 is 2. The van der Waals surface area contributed by atoms with Gasteiger partial charge in [-0.3, -0.25) is 14.7 Å². The number of fused-ring (bicyclic) bond motifs is 2. The molecule has 4 heterocycles. The van der Waals surface area contributed by atoms with Gasteiger partial charge in [-0.2, -0.15) is 0 Å². The van der Waals surface area contributed by atoms with Crippen molar-refractivity contribution in [3.05, 3.63) is 66.0 Å². The standard InChI is InChI=1S/C36H43N3O7S/c1-4-39-20-33(46-32(41)22-7-5-6-8-24(22)38-30(40)10-9-21-12-15-37-16-13-21)14-11-29(45-3)35-27(33)17-23(31(35)39)34(42)19-25(44-2)26-18-28(35)36(34,43)47-26/h5-10,12-13,15-16,23,25-29,31,42-43H,4,11,14,17-20H2,1-3H3,(H,38,40)/b10-9+/t23-,25+,26-,27-,28+,29+,31?,33-,34+,35+,36+/m1/s1. The summed E-state index contributed by atoms with van der Waals surface area (Å²) in [6, 6.07) is 10.5. The zero-order valence-electron chi connectivity index (χ0n) is 27.0. The van der Waals surface area contributed by atoms with Crippen molar-refractivity contribution in [2.24, 2.45) is 23.2 Å². The minimum absolute atomic E-state index is 0.0152. The summed E-state index contributed by atoms with van der Waals surface area (Å²) in [5, 5.41) is 28.2. The van der Waals surface area contributed by atoms with Gasteiger partial charge in [0.1, 0.15) is 16.1 Å². The first-order valence-electron chi connectivity index (χ1n) is 16.8. The summed E-state index contributed by atoms with van der Waals surface area (Å²) in [5.74, 6) is -1.44. The predicted molar refractivity (Wildman–Crippen MR) is 176 cm³/mol. The summed E-state index contributed by atoms with van der Waals surface area (Å²) >= 11 is 1.49. The molecule has 1 spiro atoms. The van der Waals surface area contributed by atoms with Crippen LogP contribution in [0.4, 0.5) is 5.69 Å². The summed E-state index contributed by atoms with van der Waals surface area (Å²) in [7, 11) is 3.46. The Bertz CT molecular complexity index is 1610. The number of carbonyl (C=O) groups is 2. The molecule has 7 bridgehead atoms. The maximum Gasteiger partial charge on any atom is 0.340 e. The molecule has 11 heteroatoms. The van der Waals surface area contributed by atoms with Gasteiger partial charge in [0, 0.05) is 80.1 Å². The van der Waals surface area contributed by atoms with Crippen molar-refractivity contribution in [1.82, 2.24) is 9.88 Å². The number of likely N-dealkylation sites (tertiary alicyclic amines) is 1. The number of amides is 1. The molecule has 1 aromatic carbocycles. The fourth-order valence-electron chi connectivity index (χ4n) is 11.1. The Hall–Kier alpha value is -2.80. The van der Waals surface area contributed by atoms with Crippen molar-refractivity contribution < 1.29 is 34.0 Å². The van der Waals surface area contributed by atoms with Gasteiger partial charge in [-0.1, -0.05) is 19.1 Å². The zero-order chi connectivity index (χ0) is 32.8. The minimum Gasteiger partial charge on any atom is -0.454 e. The van der Waals surface area contributed by atoms with Crippen molar-refractivity contribution >= 4 is 35.4 Å². The van der Waals surface area contributed by atoms with E-state index in [1.165, 1.54) is 17.8 Å². The molecule has 3 N–H and O–H groups in total. The van der Waals surface area contributed by atoms with Crippen LogP contribution in [0.15, 0.2) is 54.9 Å². The molecule has 47 heavy (non-hydrogen) atoms. The number of anilines is 1. The number of aliphatic hydroxyl groups is 2. The van der Waals surface area contributed by atoms with E-state index in [9.17, 15) is 19.8 Å². The number of esters is 1. The largest absolute Gasteiger partial charge is 0.454 e. The van der Waals surface area contributed by atoms with Gasteiger partial charge in [-0.25, -0.2) is 4.79 Å².